The molecule has 7 heteroatoms. The van der Waals surface area contributed by atoms with E-state index in [1.807, 2.05) is 26.2 Å². The zero-order chi connectivity index (χ0) is 16.2. The van der Waals surface area contributed by atoms with Crippen LogP contribution in [0.1, 0.15) is 39.3 Å². The Kier molecular flexibility index (Phi) is 5.77. The summed E-state index contributed by atoms with van der Waals surface area (Å²) < 4.78 is 5.21. The van der Waals surface area contributed by atoms with Crippen molar-refractivity contribution < 1.29 is 14.6 Å². The lowest BCUT2D eigenvalue weighted by atomic mass is 9.99. The van der Waals surface area contributed by atoms with Crippen LogP contribution in [-0.4, -0.2) is 46.4 Å². The Balaban J connectivity index is 1.85. The summed E-state index contributed by atoms with van der Waals surface area (Å²) in [6.07, 6.45) is 1.72. The van der Waals surface area contributed by atoms with Gasteiger partial charge in [-0.25, -0.2) is 9.78 Å². The third-order valence-corrected chi connectivity index (χ3v) is 4.21. The van der Waals surface area contributed by atoms with Gasteiger partial charge in [-0.15, -0.1) is 11.3 Å². The van der Waals surface area contributed by atoms with Crippen LogP contribution in [0.2, 0.25) is 0 Å². The van der Waals surface area contributed by atoms with Crippen molar-refractivity contribution in [3.63, 3.8) is 0 Å². The second-order valence-electron chi connectivity index (χ2n) is 6.70. The molecule has 1 aliphatic rings. The summed E-state index contributed by atoms with van der Waals surface area (Å²) in [5, 5.41) is 14.4. The summed E-state index contributed by atoms with van der Waals surface area (Å²) in [5.41, 5.74) is 0.423. The summed E-state index contributed by atoms with van der Waals surface area (Å²) >= 11 is 1.40. The standard InChI is InChI=1S/C15H25N3O3S/c1-15(2,3)21-14(20)17-13-16-12(10-22-13)8-18-6-4-5-11(7-18)9-19/h10-11,19H,4-9H2,1-3H3,(H,16,17,20)/t11-/m1/s1. The monoisotopic (exact) mass is 327 g/mol. The predicted octanol–water partition coefficient (Wildman–Crippen LogP) is 2.69. The van der Waals surface area contributed by atoms with E-state index < -0.39 is 11.7 Å². The van der Waals surface area contributed by atoms with E-state index in [1.54, 1.807) is 0 Å². The highest BCUT2D eigenvalue weighted by atomic mass is 32.1. The van der Waals surface area contributed by atoms with Gasteiger partial charge in [0.2, 0.25) is 0 Å². The van der Waals surface area contributed by atoms with Gasteiger partial charge < -0.3 is 9.84 Å². The molecule has 0 unspecified atom stereocenters. The highest BCUT2D eigenvalue weighted by Crippen LogP contribution is 2.21. The number of likely N-dealkylation sites (tertiary alicyclic amines) is 1. The van der Waals surface area contributed by atoms with Crippen molar-refractivity contribution in [3.05, 3.63) is 11.1 Å². The molecule has 0 bridgehead atoms. The highest BCUT2D eigenvalue weighted by molar-refractivity contribution is 7.13. The van der Waals surface area contributed by atoms with Crippen molar-refractivity contribution in [2.45, 2.75) is 45.8 Å². The maximum atomic E-state index is 11.7. The second kappa shape index (κ2) is 7.39. The van der Waals surface area contributed by atoms with Crippen LogP contribution in [0, 0.1) is 5.92 Å². The molecule has 1 aromatic rings. The van der Waals surface area contributed by atoms with Crippen molar-refractivity contribution in [2.24, 2.45) is 5.92 Å². The summed E-state index contributed by atoms with van der Waals surface area (Å²) in [6, 6.07) is 0. The van der Waals surface area contributed by atoms with Gasteiger partial charge in [0, 0.05) is 25.1 Å². The number of hydrogen-bond donors (Lipinski definition) is 2. The van der Waals surface area contributed by atoms with Gasteiger partial charge in [-0.05, 0) is 46.1 Å². The maximum Gasteiger partial charge on any atom is 0.413 e. The fourth-order valence-electron chi connectivity index (χ4n) is 2.50. The molecule has 22 heavy (non-hydrogen) atoms. The number of aliphatic hydroxyl groups is 1. The van der Waals surface area contributed by atoms with Gasteiger partial charge >= 0.3 is 6.09 Å². The Morgan fingerprint density at radius 2 is 2.36 bits per heavy atom. The van der Waals surface area contributed by atoms with Crippen molar-refractivity contribution >= 4 is 22.6 Å². The molecular weight excluding hydrogens is 302 g/mol. The highest BCUT2D eigenvalue weighted by Gasteiger charge is 2.21. The zero-order valence-corrected chi connectivity index (χ0v) is 14.3. The van der Waals surface area contributed by atoms with Crippen LogP contribution in [0.4, 0.5) is 9.93 Å². The molecule has 2 N–H and O–H groups in total. The minimum absolute atomic E-state index is 0.249. The van der Waals surface area contributed by atoms with Crippen LogP contribution in [0.5, 0.6) is 0 Å². The van der Waals surface area contributed by atoms with Gasteiger partial charge in [0.25, 0.3) is 0 Å². The number of thiazole rings is 1. The Bertz CT molecular complexity index is 498. The molecule has 124 valence electrons. The molecule has 2 heterocycles. The number of ether oxygens (including phenoxy) is 1. The van der Waals surface area contributed by atoms with Gasteiger partial charge in [0.1, 0.15) is 5.60 Å². The minimum Gasteiger partial charge on any atom is -0.444 e. The molecule has 1 saturated heterocycles. The van der Waals surface area contributed by atoms with E-state index in [-0.39, 0.29) is 6.61 Å². The molecule has 1 atom stereocenters. The number of hydrogen-bond acceptors (Lipinski definition) is 6. The van der Waals surface area contributed by atoms with Crippen molar-refractivity contribution in [1.82, 2.24) is 9.88 Å². The van der Waals surface area contributed by atoms with Gasteiger partial charge in [-0.2, -0.15) is 0 Å². The van der Waals surface area contributed by atoms with Crippen LogP contribution in [-0.2, 0) is 11.3 Å². The number of amides is 1. The van der Waals surface area contributed by atoms with Crippen molar-refractivity contribution in [3.8, 4) is 0 Å². The predicted molar refractivity (Wildman–Crippen MR) is 87.1 cm³/mol. The third-order valence-electron chi connectivity index (χ3n) is 3.41. The largest absolute Gasteiger partial charge is 0.444 e. The van der Waals surface area contributed by atoms with Crippen molar-refractivity contribution in [2.75, 3.05) is 25.0 Å². The van der Waals surface area contributed by atoms with Crippen LogP contribution >= 0.6 is 11.3 Å². The fourth-order valence-corrected chi connectivity index (χ4v) is 3.19. The van der Waals surface area contributed by atoms with E-state index in [4.69, 9.17) is 4.74 Å². The van der Waals surface area contributed by atoms with Crippen LogP contribution in [0.25, 0.3) is 0 Å². The van der Waals surface area contributed by atoms with E-state index in [9.17, 15) is 9.90 Å². The van der Waals surface area contributed by atoms with Crippen LogP contribution in [0.15, 0.2) is 5.38 Å². The molecule has 0 radical (unpaired) electrons. The zero-order valence-electron chi connectivity index (χ0n) is 13.5. The summed E-state index contributed by atoms with van der Waals surface area (Å²) in [5.74, 6) is 0.367. The lowest BCUT2D eigenvalue weighted by molar-refractivity contribution is 0.0636. The maximum absolute atomic E-state index is 11.7. The van der Waals surface area contributed by atoms with E-state index in [1.165, 1.54) is 11.3 Å². The summed E-state index contributed by atoms with van der Waals surface area (Å²) in [4.78, 5) is 18.4. The topological polar surface area (TPSA) is 74.7 Å². The lowest BCUT2D eigenvalue weighted by Gasteiger charge is -2.31. The summed E-state index contributed by atoms with van der Waals surface area (Å²) in [6.45, 7) is 8.42. The number of carbonyl (C=O) groups excluding carboxylic acids is 1. The molecule has 1 fully saturated rings. The Morgan fingerprint density at radius 1 is 1.59 bits per heavy atom. The van der Waals surface area contributed by atoms with Crippen LogP contribution in [0.3, 0.4) is 0 Å². The first-order chi connectivity index (χ1) is 10.4. The average molecular weight is 327 g/mol. The third kappa shape index (κ3) is 5.55. The minimum atomic E-state index is -0.517. The molecule has 1 aromatic heterocycles. The molecule has 0 saturated carbocycles. The number of rotatable bonds is 4. The number of anilines is 1. The van der Waals surface area contributed by atoms with Gasteiger partial charge in [0.15, 0.2) is 5.13 Å². The normalized spacial score (nSPS) is 19.9. The van der Waals surface area contributed by atoms with Crippen molar-refractivity contribution in [1.29, 1.82) is 0 Å². The number of piperidine rings is 1. The van der Waals surface area contributed by atoms with Gasteiger partial charge in [-0.1, -0.05) is 0 Å². The second-order valence-corrected chi connectivity index (χ2v) is 7.55. The number of aliphatic hydroxyl groups excluding tert-OH is 1. The number of nitrogens with one attached hydrogen (secondary N) is 1. The van der Waals surface area contributed by atoms with E-state index in [0.717, 1.165) is 38.2 Å². The molecule has 1 amide bonds. The average Bonchev–Trinajstić information content (AvgIpc) is 2.83. The van der Waals surface area contributed by atoms with Gasteiger partial charge in [0.05, 0.1) is 5.69 Å². The number of carbonyl (C=O) groups is 1. The lowest BCUT2D eigenvalue weighted by Crippen LogP contribution is -2.36. The molecule has 6 nitrogen and oxygen atoms in total. The molecule has 0 aromatic carbocycles. The first-order valence-corrected chi connectivity index (χ1v) is 8.51. The quantitative estimate of drug-likeness (QED) is 0.889. The molecule has 2 rings (SSSR count). The smallest absolute Gasteiger partial charge is 0.413 e. The molecular formula is C15H25N3O3S. The van der Waals surface area contributed by atoms with E-state index in [2.05, 4.69) is 15.2 Å². The van der Waals surface area contributed by atoms with Crippen LogP contribution < -0.4 is 5.32 Å². The first kappa shape index (κ1) is 17.2. The summed E-state index contributed by atoms with van der Waals surface area (Å²) in [7, 11) is 0. The Hall–Kier alpha value is -1.18. The first-order valence-electron chi connectivity index (χ1n) is 7.63. The van der Waals surface area contributed by atoms with E-state index >= 15 is 0 Å². The SMILES string of the molecule is CC(C)(C)OC(=O)Nc1nc(CN2CCC[C@@H](CO)C2)cs1. The fraction of sp³-hybridized carbons (Fsp3) is 0.733. The molecule has 0 spiro atoms. The van der Waals surface area contributed by atoms with E-state index in [0.29, 0.717) is 11.0 Å². The number of nitrogens with zero attached hydrogens (tertiary/aromatic N) is 2. The molecule has 0 aliphatic carbocycles. The Morgan fingerprint density at radius 3 is 3.05 bits per heavy atom. The number of aromatic nitrogens is 1. The Labute approximate surface area is 135 Å². The van der Waals surface area contributed by atoms with Gasteiger partial charge in [-0.3, -0.25) is 10.2 Å². The molecule has 1 aliphatic heterocycles.